The summed E-state index contributed by atoms with van der Waals surface area (Å²) in [7, 11) is 0. The third-order valence-corrected chi connectivity index (χ3v) is 5.95. The van der Waals surface area contributed by atoms with Gasteiger partial charge in [-0.05, 0) is 67.2 Å². The molecular formula is C30H30F6N4O6. The molecular weight excluding hydrogens is 626 g/mol. The first-order valence-electron chi connectivity index (χ1n) is 13.4. The van der Waals surface area contributed by atoms with Crippen molar-refractivity contribution in [3.8, 4) is 5.75 Å². The standard InChI is InChI=1S/C26H28N4O2.2C2HF3O2/c1-3-30(4-2)17-19-8-10-21(11-9-19)28-26(31)25-16-20-15-23(12-13-24(20)29-25)32-18-22-7-5-6-14-27-22;2*3-2(4,5)1(6)7/h5-16,29H,3-4,17-18H2,1-2H3,(H,28,31);2*(H,6,7). The Kier molecular flexibility index (Phi) is 13.5. The van der Waals surface area contributed by atoms with Crippen LogP contribution in [0.5, 0.6) is 5.75 Å². The van der Waals surface area contributed by atoms with E-state index in [0.29, 0.717) is 12.3 Å². The van der Waals surface area contributed by atoms with Crippen molar-refractivity contribution in [3.63, 3.8) is 0 Å². The topological polar surface area (TPSA) is 145 Å². The van der Waals surface area contributed by atoms with Gasteiger partial charge in [0.1, 0.15) is 18.1 Å². The molecule has 0 atom stereocenters. The number of H-pyrrole nitrogens is 1. The van der Waals surface area contributed by atoms with E-state index < -0.39 is 24.3 Å². The highest BCUT2D eigenvalue weighted by Gasteiger charge is 2.38. The minimum Gasteiger partial charge on any atom is -0.487 e. The van der Waals surface area contributed by atoms with Crippen LogP contribution < -0.4 is 10.1 Å². The van der Waals surface area contributed by atoms with Crippen molar-refractivity contribution in [3.05, 3.63) is 89.9 Å². The van der Waals surface area contributed by atoms with Crippen LogP contribution in [0.2, 0.25) is 0 Å². The molecule has 4 rings (SSSR count). The Hall–Kier alpha value is -5.12. The van der Waals surface area contributed by atoms with E-state index in [2.05, 4.69) is 46.2 Å². The van der Waals surface area contributed by atoms with Gasteiger partial charge in [0.15, 0.2) is 0 Å². The van der Waals surface area contributed by atoms with E-state index in [0.717, 1.165) is 47.7 Å². The summed E-state index contributed by atoms with van der Waals surface area (Å²) in [6, 6.07) is 21.3. The van der Waals surface area contributed by atoms with Gasteiger partial charge in [-0.15, -0.1) is 0 Å². The number of amides is 1. The van der Waals surface area contributed by atoms with E-state index in [4.69, 9.17) is 24.5 Å². The third-order valence-electron chi connectivity index (χ3n) is 5.95. The van der Waals surface area contributed by atoms with Gasteiger partial charge in [0.25, 0.3) is 5.91 Å². The molecule has 16 heteroatoms. The molecule has 0 spiro atoms. The fraction of sp³-hybridized carbons (Fsp3) is 0.267. The largest absolute Gasteiger partial charge is 0.490 e. The molecule has 0 saturated carbocycles. The highest BCUT2D eigenvalue weighted by Crippen LogP contribution is 2.23. The number of fused-ring (bicyclic) bond motifs is 1. The van der Waals surface area contributed by atoms with Crippen LogP contribution in [0.1, 0.15) is 35.6 Å². The van der Waals surface area contributed by atoms with Gasteiger partial charge in [-0.25, -0.2) is 9.59 Å². The number of anilines is 1. The van der Waals surface area contributed by atoms with E-state index in [1.54, 1.807) is 6.20 Å². The minimum absolute atomic E-state index is 0.173. The number of hydrogen-bond donors (Lipinski definition) is 4. The average molecular weight is 657 g/mol. The number of aromatic nitrogens is 2. The van der Waals surface area contributed by atoms with Crippen molar-refractivity contribution in [2.45, 2.75) is 39.4 Å². The number of nitrogens with one attached hydrogen (secondary N) is 2. The normalized spacial score (nSPS) is 11.2. The second kappa shape index (κ2) is 16.8. The number of aliphatic carboxylic acids is 2. The Morgan fingerprint density at radius 3 is 1.96 bits per heavy atom. The fourth-order valence-corrected chi connectivity index (χ4v) is 3.56. The van der Waals surface area contributed by atoms with E-state index in [1.165, 1.54) is 5.56 Å². The Balaban J connectivity index is 0.000000440. The maximum absolute atomic E-state index is 12.7. The van der Waals surface area contributed by atoms with Crippen molar-refractivity contribution >= 4 is 34.4 Å². The molecule has 0 aliphatic carbocycles. The van der Waals surface area contributed by atoms with Crippen molar-refractivity contribution in [1.82, 2.24) is 14.9 Å². The number of pyridine rings is 1. The van der Waals surface area contributed by atoms with Crippen molar-refractivity contribution in [2.24, 2.45) is 0 Å². The predicted octanol–water partition coefficient (Wildman–Crippen LogP) is 6.50. The van der Waals surface area contributed by atoms with E-state index in [-0.39, 0.29) is 5.91 Å². The number of nitrogens with zero attached hydrogens (tertiary/aromatic N) is 2. The van der Waals surface area contributed by atoms with Crippen LogP contribution in [0.15, 0.2) is 72.9 Å². The van der Waals surface area contributed by atoms with Crippen LogP contribution in [0.4, 0.5) is 32.0 Å². The number of alkyl halides is 6. The molecule has 1 amide bonds. The molecule has 4 N–H and O–H groups in total. The van der Waals surface area contributed by atoms with Gasteiger partial charge in [-0.1, -0.05) is 32.0 Å². The number of hydrogen-bond acceptors (Lipinski definition) is 6. The second-order valence-corrected chi connectivity index (χ2v) is 9.26. The van der Waals surface area contributed by atoms with Crippen LogP contribution in [-0.2, 0) is 22.7 Å². The van der Waals surface area contributed by atoms with Gasteiger partial charge < -0.3 is 25.3 Å². The van der Waals surface area contributed by atoms with E-state index >= 15 is 0 Å². The Labute approximate surface area is 258 Å². The molecule has 2 aromatic carbocycles. The monoisotopic (exact) mass is 656 g/mol. The van der Waals surface area contributed by atoms with Gasteiger partial charge in [0, 0.05) is 29.3 Å². The first-order valence-corrected chi connectivity index (χ1v) is 13.4. The Morgan fingerprint density at radius 2 is 1.46 bits per heavy atom. The Morgan fingerprint density at radius 1 is 0.870 bits per heavy atom. The zero-order valence-electron chi connectivity index (χ0n) is 24.4. The number of carboxylic acids is 2. The smallest absolute Gasteiger partial charge is 0.487 e. The highest BCUT2D eigenvalue weighted by atomic mass is 19.4. The molecule has 248 valence electrons. The molecule has 2 heterocycles. The molecule has 0 fully saturated rings. The molecule has 0 unspecified atom stereocenters. The maximum Gasteiger partial charge on any atom is 0.490 e. The number of carboxylic acid groups (broad SMARTS) is 2. The molecule has 4 aromatic rings. The number of carbonyl (C=O) groups is 3. The number of halogens is 6. The molecule has 2 aromatic heterocycles. The van der Waals surface area contributed by atoms with E-state index in [1.807, 2.05) is 54.6 Å². The molecule has 0 bridgehead atoms. The lowest BCUT2D eigenvalue weighted by Crippen LogP contribution is -2.22. The average Bonchev–Trinajstić information content (AvgIpc) is 3.44. The summed E-state index contributed by atoms with van der Waals surface area (Å²) >= 11 is 0. The van der Waals surface area contributed by atoms with Crippen LogP contribution in [0, 0.1) is 0 Å². The summed E-state index contributed by atoms with van der Waals surface area (Å²) in [5, 5.41) is 18.1. The first kappa shape index (κ1) is 37.1. The van der Waals surface area contributed by atoms with Crippen molar-refractivity contribution in [2.75, 3.05) is 18.4 Å². The third kappa shape index (κ3) is 12.5. The van der Waals surface area contributed by atoms with Gasteiger partial charge in [0.2, 0.25) is 0 Å². The number of aromatic amines is 1. The zero-order chi connectivity index (χ0) is 34.5. The summed E-state index contributed by atoms with van der Waals surface area (Å²) in [5.74, 6) is -4.95. The van der Waals surface area contributed by atoms with Gasteiger partial charge in [0.05, 0.1) is 5.69 Å². The fourth-order valence-electron chi connectivity index (χ4n) is 3.56. The van der Waals surface area contributed by atoms with Crippen molar-refractivity contribution < 1.29 is 55.7 Å². The number of rotatable bonds is 9. The summed E-state index contributed by atoms with van der Waals surface area (Å²) in [6.07, 6.45) is -8.42. The van der Waals surface area contributed by atoms with Gasteiger partial charge in [-0.2, -0.15) is 26.3 Å². The maximum atomic E-state index is 12.7. The summed E-state index contributed by atoms with van der Waals surface area (Å²) in [6.45, 7) is 7.67. The molecule has 0 radical (unpaired) electrons. The zero-order valence-corrected chi connectivity index (χ0v) is 24.4. The van der Waals surface area contributed by atoms with Crippen LogP contribution in [0.25, 0.3) is 10.9 Å². The van der Waals surface area contributed by atoms with E-state index in [9.17, 15) is 31.1 Å². The van der Waals surface area contributed by atoms with Gasteiger partial charge >= 0.3 is 24.3 Å². The predicted molar refractivity (Wildman–Crippen MR) is 155 cm³/mol. The molecule has 0 aliphatic heterocycles. The number of ether oxygens (including phenoxy) is 1. The second-order valence-electron chi connectivity index (χ2n) is 9.26. The summed E-state index contributed by atoms with van der Waals surface area (Å²) in [5.41, 5.74) is 4.26. The van der Waals surface area contributed by atoms with Crippen LogP contribution in [-0.4, -0.2) is 68.4 Å². The highest BCUT2D eigenvalue weighted by molar-refractivity contribution is 6.06. The van der Waals surface area contributed by atoms with Crippen LogP contribution in [0.3, 0.4) is 0 Å². The lowest BCUT2D eigenvalue weighted by Gasteiger charge is -2.18. The lowest BCUT2D eigenvalue weighted by atomic mass is 10.2. The van der Waals surface area contributed by atoms with Gasteiger partial charge in [-0.3, -0.25) is 14.7 Å². The molecule has 10 nitrogen and oxygen atoms in total. The summed E-state index contributed by atoms with van der Waals surface area (Å²) < 4.78 is 69.3. The summed E-state index contributed by atoms with van der Waals surface area (Å²) in [4.78, 5) is 40.3. The van der Waals surface area contributed by atoms with Crippen molar-refractivity contribution in [1.29, 1.82) is 0 Å². The SMILES string of the molecule is CCN(CC)Cc1ccc(NC(=O)c2cc3cc(OCc4ccccn4)ccc3[nH]2)cc1.O=C(O)C(F)(F)F.O=C(O)C(F)(F)F. The lowest BCUT2D eigenvalue weighted by molar-refractivity contribution is -0.193. The Bertz CT molecular complexity index is 1550. The molecule has 0 aliphatic rings. The number of carbonyl (C=O) groups excluding carboxylic acids is 1. The molecule has 0 saturated heterocycles. The minimum atomic E-state index is -5.08. The quantitative estimate of drug-likeness (QED) is 0.150. The number of benzene rings is 2. The first-order chi connectivity index (χ1) is 21.5. The van der Waals surface area contributed by atoms with Crippen LogP contribution >= 0.6 is 0 Å². The molecule has 46 heavy (non-hydrogen) atoms.